The van der Waals surface area contributed by atoms with Crippen molar-refractivity contribution in [2.45, 2.75) is 19.8 Å². The van der Waals surface area contributed by atoms with Gasteiger partial charge in [0.15, 0.2) is 6.61 Å². The lowest BCUT2D eigenvalue weighted by atomic mass is 10.2. The van der Waals surface area contributed by atoms with Gasteiger partial charge < -0.3 is 10.1 Å². The smallest absolute Gasteiger partial charge is 0.272 e. The second-order valence-electron chi connectivity index (χ2n) is 4.74. The molecule has 19 heavy (non-hydrogen) atoms. The van der Waals surface area contributed by atoms with Crippen molar-refractivity contribution in [3.8, 4) is 5.75 Å². The van der Waals surface area contributed by atoms with Crippen LogP contribution >= 0.6 is 0 Å². The Morgan fingerprint density at radius 1 is 1.53 bits per heavy atom. The van der Waals surface area contributed by atoms with E-state index >= 15 is 0 Å². The van der Waals surface area contributed by atoms with E-state index in [4.69, 9.17) is 4.74 Å². The number of hydrogen-bond acceptors (Lipinski definition) is 4. The highest BCUT2D eigenvalue weighted by Crippen LogP contribution is 2.27. The molecule has 102 valence electrons. The molecule has 1 N–H and O–H groups in total. The third-order valence-corrected chi connectivity index (χ3v) is 3.02. The number of nitrogens with one attached hydrogen (secondary N) is 1. The van der Waals surface area contributed by atoms with E-state index in [2.05, 4.69) is 5.32 Å². The van der Waals surface area contributed by atoms with Crippen LogP contribution in [-0.2, 0) is 4.79 Å². The van der Waals surface area contributed by atoms with Gasteiger partial charge in [0.25, 0.3) is 11.6 Å². The predicted molar refractivity (Wildman–Crippen MR) is 69.1 cm³/mol. The van der Waals surface area contributed by atoms with Gasteiger partial charge in [0.2, 0.25) is 0 Å². The number of aryl methyl sites for hydroxylation is 1. The van der Waals surface area contributed by atoms with Crippen molar-refractivity contribution in [1.29, 1.82) is 0 Å². The summed E-state index contributed by atoms with van der Waals surface area (Å²) in [5.41, 5.74) is 0.562. The Hall–Kier alpha value is -2.11. The van der Waals surface area contributed by atoms with Gasteiger partial charge in [0.1, 0.15) is 5.75 Å². The molecule has 2 rings (SSSR count). The molecule has 1 fully saturated rings. The lowest BCUT2D eigenvalue weighted by Gasteiger charge is -2.07. The standard InChI is InChI=1S/C13H16N2O4/c1-9-6-11(4-5-12(9)15(17)18)19-8-13(16)14-7-10-2-3-10/h4-6,10H,2-3,7-8H2,1H3,(H,14,16). The number of ether oxygens (including phenoxy) is 1. The van der Waals surface area contributed by atoms with E-state index in [0.29, 0.717) is 23.8 Å². The van der Waals surface area contributed by atoms with Crippen LogP contribution in [0.4, 0.5) is 5.69 Å². The SMILES string of the molecule is Cc1cc(OCC(=O)NCC2CC2)ccc1[N+](=O)[O-]. The average Bonchev–Trinajstić information content (AvgIpc) is 3.17. The zero-order valence-corrected chi connectivity index (χ0v) is 10.7. The summed E-state index contributed by atoms with van der Waals surface area (Å²) in [6.45, 7) is 2.28. The van der Waals surface area contributed by atoms with Crippen LogP contribution in [0, 0.1) is 23.0 Å². The summed E-state index contributed by atoms with van der Waals surface area (Å²) in [4.78, 5) is 21.7. The normalized spacial score (nSPS) is 13.9. The van der Waals surface area contributed by atoms with E-state index in [-0.39, 0.29) is 18.2 Å². The molecule has 0 aliphatic heterocycles. The first-order chi connectivity index (χ1) is 9.06. The lowest BCUT2D eigenvalue weighted by molar-refractivity contribution is -0.385. The molecule has 0 saturated heterocycles. The number of carbonyl (C=O) groups excluding carboxylic acids is 1. The zero-order chi connectivity index (χ0) is 13.8. The molecular formula is C13H16N2O4. The van der Waals surface area contributed by atoms with Crippen molar-refractivity contribution in [1.82, 2.24) is 5.32 Å². The number of rotatable bonds is 6. The maximum absolute atomic E-state index is 11.5. The third kappa shape index (κ3) is 3.94. The Morgan fingerprint density at radius 2 is 2.26 bits per heavy atom. The van der Waals surface area contributed by atoms with Crippen molar-refractivity contribution >= 4 is 11.6 Å². The number of hydrogen-bond donors (Lipinski definition) is 1. The molecule has 1 aliphatic rings. The fourth-order valence-corrected chi connectivity index (χ4v) is 1.70. The van der Waals surface area contributed by atoms with Crippen molar-refractivity contribution < 1.29 is 14.5 Å². The van der Waals surface area contributed by atoms with Crippen LogP contribution in [0.15, 0.2) is 18.2 Å². The summed E-state index contributed by atoms with van der Waals surface area (Å²) in [6, 6.07) is 4.44. The highest BCUT2D eigenvalue weighted by Gasteiger charge is 2.21. The van der Waals surface area contributed by atoms with E-state index in [1.165, 1.54) is 25.0 Å². The maximum Gasteiger partial charge on any atom is 0.272 e. The number of amides is 1. The Morgan fingerprint density at radius 3 is 2.84 bits per heavy atom. The van der Waals surface area contributed by atoms with E-state index in [1.54, 1.807) is 13.0 Å². The number of nitro benzene ring substituents is 1. The molecule has 0 heterocycles. The minimum atomic E-state index is -0.443. The van der Waals surface area contributed by atoms with Gasteiger partial charge in [-0.1, -0.05) is 0 Å². The molecule has 6 nitrogen and oxygen atoms in total. The highest BCUT2D eigenvalue weighted by atomic mass is 16.6. The van der Waals surface area contributed by atoms with Crippen molar-refractivity contribution in [2.75, 3.05) is 13.2 Å². The minimum Gasteiger partial charge on any atom is -0.484 e. The zero-order valence-electron chi connectivity index (χ0n) is 10.7. The van der Waals surface area contributed by atoms with Gasteiger partial charge in [-0.3, -0.25) is 14.9 Å². The average molecular weight is 264 g/mol. The number of carbonyl (C=O) groups is 1. The topological polar surface area (TPSA) is 81.5 Å². The van der Waals surface area contributed by atoms with E-state index in [9.17, 15) is 14.9 Å². The van der Waals surface area contributed by atoms with Crippen LogP contribution < -0.4 is 10.1 Å². The fraction of sp³-hybridized carbons (Fsp3) is 0.462. The van der Waals surface area contributed by atoms with Crippen LogP contribution in [0.5, 0.6) is 5.75 Å². The number of nitro groups is 1. The fourth-order valence-electron chi connectivity index (χ4n) is 1.70. The summed E-state index contributed by atoms with van der Waals surface area (Å²) >= 11 is 0. The maximum atomic E-state index is 11.5. The Labute approximate surface area is 110 Å². The summed E-state index contributed by atoms with van der Waals surface area (Å²) in [7, 11) is 0. The first-order valence-electron chi connectivity index (χ1n) is 6.21. The Kier molecular flexibility index (Phi) is 3.99. The lowest BCUT2D eigenvalue weighted by Crippen LogP contribution is -2.30. The molecule has 0 bridgehead atoms. The molecule has 1 saturated carbocycles. The minimum absolute atomic E-state index is 0.0468. The van der Waals surface area contributed by atoms with Gasteiger partial charge >= 0.3 is 0 Å². The first kappa shape index (κ1) is 13.3. The van der Waals surface area contributed by atoms with Crippen molar-refractivity contribution in [3.63, 3.8) is 0 Å². The second-order valence-corrected chi connectivity index (χ2v) is 4.74. The molecular weight excluding hydrogens is 248 g/mol. The van der Waals surface area contributed by atoms with Gasteiger partial charge in [0, 0.05) is 18.2 Å². The molecule has 1 aliphatic carbocycles. The molecule has 1 amide bonds. The largest absolute Gasteiger partial charge is 0.484 e. The van der Waals surface area contributed by atoms with Crippen LogP contribution in [0.3, 0.4) is 0 Å². The van der Waals surface area contributed by atoms with Crippen LogP contribution in [0.25, 0.3) is 0 Å². The van der Waals surface area contributed by atoms with Gasteiger partial charge in [0.05, 0.1) is 4.92 Å². The first-order valence-corrected chi connectivity index (χ1v) is 6.21. The Bertz CT molecular complexity index is 497. The second kappa shape index (κ2) is 5.69. The van der Waals surface area contributed by atoms with Crippen LogP contribution in [0.1, 0.15) is 18.4 Å². The number of benzene rings is 1. The van der Waals surface area contributed by atoms with Gasteiger partial charge in [-0.25, -0.2) is 0 Å². The molecule has 0 radical (unpaired) electrons. The third-order valence-electron chi connectivity index (χ3n) is 3.02. The van der Waals surface area contributed by atoms with Gasteiger partial charge in [-0.05, 0) is 37.8 Å². The molecule has 0 atom stereocenters. The van der Waals surface area contributed by atoms with Gasteiger partial charge in [-0.15, -0.1) is 0 Å². The Balaban J connectivity index is 1.83. The van der Waals surface area contributed by atoms with E-state index in [1.807, 2.05) is 0 Å². The highest BCUT2D eigenvalue weighted by molar-refractivity contribution is 5.77. The van der Waals surface area contributed by atoms with Crippen molar-refractivity contribution in [2.24, 2.45) is 5.92 Å². The molecule has 0 aromatic heterocycles. The number of nitrogens with zero attached hydrogens (tertiary/aromatic N) is 1. The van der Waals surface area contributed by atoms with Crippen LogP contribution in [0.2, 0.25) is 0 Å². The summed E-state index contributed by atoms with van der Waals surface area (Å²) in [5, 5.41) is 13.4. The van der Waals surface area contributed by atoms with Gasteiger partial charge in [-0.2, -0.15) is 0 Å². The summed E-state index contributed by atoms with van der Waals surface area (Å²) < 4.78 is 5.30. The predicted octanol–water partition coefficient (Wildman–Crippen LogP) is 1.81. The van der Waals surface area contributed by atoms with Crippen LogP contribution in [-0.4, -0.2) is 24.0 Å². The molecule has 6 heteroatoms. The summed E-state index contributed by atoms with van der Waals surface area (Å²) in [6.07, 6.45) is 2.37. The summed E-state index contributed by atoms with van der Waals surface area (Å²) in [5.74, 6) is 0.929. The molecule has 0 spiro atoms. The molecule has 0 unspecified atom stereocenters. The van der Waals surface area contributed by atoms with E-state index < -0.39 is 4.92 Å². The quantitative estimate of drug-likeness (QED) is 0.627. The monoisotopic (exact) mass is 264 g/mol. The van der Waals surface area contributed by atoms with Crippen molar-refractivity contribution in [3.05, 3.63) is 33.9 Å². The van der Waals surface area contributed by atoms with E-state index in [0.717, 1.165) is 0 Å². The molecule has 1 aromatic rings. The molecule has 1 aromatic carbocycles.